The molecule has 2 aromatic rings. The number of rotatable bonds is 3. The fraction of sp³-hybridized carbons (Fsp3) is 0.0833. The Hall–Kier alpha value is -2.54. The van der Waals surface area contributed by atoms with Gasteiger partial charge in [0.2, 0.25) is 11.7 Å². The minimum atomic E-state index is -1.29. The summed E-state index contributed by atoms with van der Waals surface area (Å²) in [5, 5.41) is 24.8. The minimum Gasteiger partial charge on any atom is -0.506 e. The highest BCUT2D eigenvalue weighted by Gasteiger charge is 2.20. The van der Waals surface area contributed by atoms with Crippen molar-refractivity contribution in [1.82, 2.24) is 5.16 Å². The molecule has 0 bridgehead atoms. The molecule has 1 heterocycles. The normalized spacial score (nSPS) is 10.3. The van der Waals surface area contributed by atoms with Crippen LogP contribution < -0.4 is 5.32 Å². The third-order valence-electron chi connectivity index (χ3n) is 2.41. The van der Waals surface area contributed by atoms with Gasteiger partial charge < -0.3 is 20.1 Å². The van der Waals surface area contributed by atoms with Crippen LogP contribution in [-0.4, -0.2) is 27.2 Å². The van der Waals surface area contributed by atoms with E-state index in [1.54, 1.807) is 0 Å². The van der Waals surface area contributed by atoms with Gasteiger partial charge in [-0.05, 0) is 12.1 Å². The van der Waals surface area contributed by atoms with Gasteiger partial charge in [-0.3, -0.25) is 4.79 Å². The van der Waals surface area contributed by atoms with Gasteiger partial charge in [-0.2, -0.15) is 0 Å². The predicted molar refractivity (Wildman–Crippen MR) is 69.9 cm³/mol. The van der Waals surface area contributed by atoms with Crippen molar-refractivity contribution in [2.24, 2.45) is 0 Å². The van der Waals surface area contributed by atoms with E-state index in [1.807, 2.05) is 0 Å². The molecule has 2 rings (SSSR count). The number of nitrogens with one attached hydrogen (secondary N) is 1. The Kier molecular flexibility index (Phi) is 3.62. The first kappa shape index (κ1) is 13.9. The molecule has 0 fully saturated rings. The Bertz CT molecular complexity index is 695. The fourth-order valence-corrected chi connectivity index (χ4v) is 1.87. The lowest BCUT2D eigenvalue weighted by atomic mass is 10.1. The van der Waals surface area contributed by atoms with Crippen molar-refractivity contribution in [3.05, 3.63) is 29.0 Å². The first-order chi connectivity index (χ1) is 9.40. The molecule has 0 radical (unpaired) electrons. The number of phenols is 1. The van der Waals surface area contributed by atoms with Gasteiger partial charge in [0.1, 0.15) is 11.4 Å². The summed E-state index contributed by atoms with van der Waals surface area (Å²) in [6.07, 6.45) is 0. The number of carboxylic acids is 1. The van der Waals surface area contributed by atoms with Gasteiger partial charge in [0.25, 0.3) is 0 Å². The van der Waals surface area contributed by atoms with Crippen LogP contribution in [-0.2, 0) is 4.79 Å². The monoisotopic (exact) mass is 296 g/mol. The van der Waals surface area contributed by atoms with Gasteiger partial charge in [0.05, 0.1) is 10.7 Å². The number of aromatic hydroxyl groups is 1. The molecular formula is C12H9ClN2O5. The van der Waals surface area contributed by atoms with Crippen LogP contribution in [0, 0.1) is 0 Å². The molecule has 20 heavy (non-hydrogen) atoms. The Morgan fingerprint density at radius 1 is 1.40 bits per heavy atom. The summed E-state index contributed by atoms with van der Waals surface area (Å²) in [5.41, 5.74) is 0.306. The molecule has 1 aromatic heterocycles. The molecule has 0 aliphatic carbocycles. The van der Waals surface area contributed by atoms with Crippen molar-refractivity contribution in [3.63, 3.8) is 0 Å². The fourth-order valence-electron chi connectivity index (χ4n) is 1.61. The topological polar surface area (TPSA) is 113 Å². The third-order valence-corrected chi connectivity index (χ3v) is 2.73. The zero-order valence-electron chi connectivity index (χ0n) is 10.2. The number of hydrogen-bond acceptors (Lipinski definition) is 5. The van der Waals surface area contributed by atoms with Gasteiger partial charge in [-0.15, -0.1) is 0 Å². The number of anilines is 1. The second kappa shape index (κ2) is 5.22. The molecule has 1 aromatic carbocycles. The maximum absolute atomic E-state index is 11.2. The summed E-state index contributed by atoms with van der Waals surface area (Å²) in [6, 6.07) is 3.84. The molecule has 104 valence electrons. The van der Waals surface area contributed by atoms with Crippen molar-refractivity contribution in [3.8, 4) is 17.0 Å². The van der Waals surface area contributed by atoms with E-state index in [9.17, 15) is 14.7 Å². The molecule has 0 aliphatic rings. The number of carboxylic acid groups (broad SMARTS) is 1. The van der Waals surface area contributed by atoms with E-state index in [4.69, 9.17) is 16.7 Å². The quantitative estimate of drug-likeness (QED) is 0.749. The summed E-state index contributed by atoms with van der Waals surface area (Å²) in [4.78, 5) is 21.9. The lowest BCUT2D eigenvalue weighted by Gasteiger charge is -2.11. The van der Waals surface area contributed by atoms with Crippen LogP contribution in [0.1, 0.15) is 17.5 Å². The van der Waals surface area contributed by atoms with Crippen LogP contribution in [0.4, 0.5) is 5.69 Å². The van der Waals surface area contributed by atoms with Crippen LogP contribution in [0.2, 0.25) is 5.02 Å². The summed E-state index contributed by atoms with van der Waals surface area (Å²) in [5.74, 6) is -2.32. The lowest BCUT2D eigenvalue weighted by molar-refractivity contribution is -0.114. The number of halogens is 1. The molecule has 7 nitrogen and oxygen atoms in total. The summed E-state index contributed by atoms with van der Waals surface area (Å²) in [7, 11) is 0. The number of carbonyl (C=O) groups is 2. The van der Waals surface area contributed by atoms with E-state index in [2.05, 4.69) is 15.0 Å². The minimum absolute atomic E-state index is 0.0373. The number of aromatic nitrogens is 1. The third kappa shape index (κ3) is 2.57. The Morgan fingerprint density at radius 2 is 2.10 bits per heavy atom. The van der Waals surface area contributed by atoms with Gasteiger partial charge >= 0.3 is 5.97 Å². The maximum Gasteiger partial charge on any atom is 0.374 e. The molecule has 3 N–H and O–H groups in total. The summed E-state index contributed by atoms with van der Waals surface area (Å²) in [6.45, 7) is 1.26. The molecule has 0 aliphatic heterocycles. The lowest BCUT2D eigenvalue weighted by Crippen LogP contribution is -2.07. The highest BCUT2D eigenvalue weighted by molar-refractivity contribution is 6.34. The Balaban J connectivity index is 2.61. The predicted octanol–water partition coefficient (Wildman–Crippen LogP) is 2.36. The SMILES string of the molecule is CC(=O)Nc1c(O)ccc(Cl)c1-c1cc(C(=O)O)on1. The molecule has 0 saturated heterocycles. The molecule has 0 spiro atoms. The average molecular weight is 297 g/mol. The van der Waals surface area contributed by atoms with Crippen molar-refractivity contribution in [2.75, 3.05) is 5.32 Å². The molecule has 0 atom stereocenters. The second-order valence-corrected chi connectivity index (χ2v) is 4.29. The summed E-state index contributed by atoms with van der Waals surface area (Å²) >= 11 is 6.02. The van der Waals surface area contributed by atoms with Crippen molar-refractivity contribution < 1.29 is 24.3 Å². The smallest absolute Gasteiger partial charge is 0.374 e. The molecule has 0 saturated carbocycles. The zero-order chi connectivity index (χ0) is 14.9. The van der Waals surface area contributed by atoms with Crippen molar-refractivity contribution in [1.29, 1.82) is 0 Å². The number of carbonyl (C=O) groups excluding carboxylic acids is 1. The van der Waals surface area contributed by atoms with E-state index < -0.39 is 11.9 Å². The van der Waals surface area contributed by atoms with E-state index >= 15 is 0 Å². The van der Waals surface area contributed by atoms with Crippen LogP contribution in [0.25, 0.3) is 11.3 Å². The van der Waals surface area contributed by atoms with Crippen LogP contribution in [0.15, 0.2) is 22.7 Å². The largest absolute Gasteiger partial charge is 0.506 e. The molecule has 8 heteroatoms. The van der Waals surface area contributed by atoms with Crippen molar-refractivity contribution >= 4 is 29.2 Å². The van der Waals surface area contributed by atoms with Crippen LogP contribution >= 0.6 is 11.6 Å². The van der Waals surface area contributed by atoms with Gasteiger partial charge in [-0.25, -0.2) is 4.79 Å². The number of hydrogen-bond donors (Lipinski definition) is 3. The maximum atomic E-state index is 11.2. The van der Waals surface area contributed by atoms with Gasteiger partial charge in [0.15, 0.2) is 0 Å². The van der Waals surface area contributed by atoms with E-state index in [-0.39, 0.29) is 33.5 Å². The number of amides is 1. The van der Waals surface area contributed by atoms with E-state index in [0.29, 0.717) is 0 Å². The van der Waals surface area contributed by atoms with E-state index in [0.717, 1.165) is 6.07 Å². The molecule has 1 amide bonds. The number of aromatic carboxylic acids is 1. The first-order valence-electron chi connectivity index (χ1n) is 5.39. The molecule has 0 unspecified atom stereocenters. The van der Waals surface area contributed by atoms with Gasteiger partial charge in [-0.1, -0.05) is 16.8 Å². The highest BCUT2D eigenvalue weighted by Crippen LogP contribution is 2.40. The number of phenolic OH excluding ortho intramolecular Hbond substituents is 1. The van der Waals surface area contributed by atoms with E-state index in [1.165, 1.54) is 19.1 Å². The average Bonchev–Trinajstić information content (AvgIpc) is 2.83. The van der Waals surface area contributed by atoms with Gasteiger partial charge in [0, 0.05) is 18.6 Å². The first-order valence-corrected chi connectivity index (χ1v) is 5.77. The Morgan fingerprint density at radius 3 is 2.65 bits per heavy atom. The van der Waals surface area contributed by atoms with Crippen LogP contribution in [0.5, 0.6) is 5.75 Å². The second-order valence-electron chi connectivity index (χ2n) is 3.88. The Labute approximate surface area is 117 Å². The standard InChI is InChI=1S/C12H9ClN2O5/c1-5(16)14-11-8(17)3-2-6(13)10(11)7-4-9(12(18)19)20-15-7/h2-4,17H,1H3,(H,14,16)(H,18,19). The number of nitrogens with zero attached hydrogens (tertiary/aromatic N) is 1. The highest BCUT2D eigenvalue weighted by atomic mass is 35.5. The number of benzene rings is 1. The summed E-state index contributed by atoms with van der Waals surface area (Å²) < 4.78 is 4.63. The van der Waals surface area contributed by atoms with Crippen molar-refractivity contribution in [2.45, 2.75) is 6.92 Å². The zero-order valence-corrected chi connectivity index (χ0v) is 10.9. The van der Waals surface area contributed by atoms with Crippen LogP contribution in [0.3, 0.4) is 0 Å². The molecular weight excluding hydrogens is 288 g/mol.